The van der Waals surface area contributed by atoms with Crippen molar-refractivity contribution in [1.29, 1.82) is 0 Å². The Morgan fingerprint density at radius 2 is 2.04 bits per heavy atom. The average molecular weight is 365 g/mol. The highest BCUT2D eigenvalue weighted by Gasteiger charge is 2.34. The van der Waals surface area contributed by atoms with Crippen molar-refractivity contribution >= 4 is 11.9 Å². The smallest absolute Gasteiger partial charge is 0.328 e. The minimum absolute atomic E-state index is 0.250. The number of hydrogen-bond acceptors (Lipinski definition) is 7. The Bertz CT molecular complexity index is 614. The zero-order valence-corrected chi connectivity index (χ0v) is 15.3. The molecule has 9 heteroatoms. The van der Waals surface area contributed by atoms with Gasteiger partial charge in [-0.05, 0) is 26.2 Å². The third kappa shape index (κ3) is 4.59. The monoisotopic (exact) mass is 365 g/mol. The normalized spacial score (nSPS) is 21.6. The molecule has 1 amide bonds. The Labute approximate surface area is 153 Å². The number of ether oxygens (including phenoxy) is 2. The molecule has 2 aliphatic heterocycles. The number of esters is 1. The number of piperidine rings is 1. The molecular weight excluding hydrogens is 338 g/mol. The van der Waals surface area contributed by atoms with Crippen LogP contribution >= 0.6 is 0 Å². The molecule has 9 nitrogen and oxygen atoms in total. The Morgan fingerprint density at radius 3 is 2.81 bits per heavy atom. The molecule has 0 aliphatic carbocycles. The molecule has 0 bridgehead atoms. The van der Waals surface area contributed by atoms with Crippen molar-refractivity contribution in [2.45, 2.75) is 38.8 Å². The summed E-state index contributed by atoms with van der Waals surface area (Å²) in [6, 6.07) is -0.519. The van der Waals surface area contributed by atoms with E-state index in [0.717, 1.165) is 45.7 Å². The first-order chi connectivity index (χ1) is 12.7. The quantitative estimate of drug-likeness (QED) is 0.664. The van der Waals surface area contributed by atoms with Crippen LogP contribution in [0.25, 0.3) is 0 Å². The van der Waals surface area contributed by atoms with Gasteiger partial charge in [0.1, 0.15) is 6.04 Å². The van der Waals surface area contributed by atoms with Gasteiger partial charge in [-0.3, -0.25) is 14.4 Å². The van der Waals surface area contributed by atoms with E-state index in [1.165, 1.54) is 0 Å². The Balaban J connectivity index is 1.59. The third-order valence-corrected chi connectivity index (χ3v) is 4.83. The van der Waals surface area contributed by atoms with Crippen molar-refractivity contribution in [2.75, 3.05) is 46.0 Å². The van der Waals surface area contributed by atoms with E-state index in [2.05, 4.69) is 15.2 Å². The fourth-order valence-corrected chi connectivity index (χ4v) is 3.38. The van der Waals surface area contributed by atoms with Crippen molar-refractivity contribution in [1.82, 2.24) is 24.8 Å². The molecule has 2 aliphatic rings. The van der Waals surface area contributed by atoms with Gasteiger partial charge in [0.2, 0.25) is 0 Å². The minimum atomic E-state index is -0.519. The molecule has 0 aromatic carbocycles. The molecule has 1 unspecified atom stereocenters. The number of carbonyl (C=O) groups excluding carboxylic acids is 2. The molecule has 2 fully saturated rings. The van der Waals surface area contributed by atoms with Crippen molar-refractivity contribution in [2.24, 2.45) is 0 Å². The van der Waals surface area contributed by atoms with Crippen LogP contribution in [0, 0.1) is 0 Å². The van der Waals surface area contributed by atoms with Gasteiger partial charge in [-0.1, -0.05) is 5.21 Å². The predicted octanol–water partition coefficient (Wildman–Crippen LogP) is 0.168. The van der Waals surface area contributed by atoms with Crippen molar-refractivity contribution < 1.29 is 19.1 Å². The van der Waals surface area contributed by atoms with Crippen molar-refractivity contribution in [3.05, 3.63) is 11.9 Å². The lowest BCUT2D eigenvalue weighted by Gasteiger charge is -2.33. The fraction of sp³-hybridized carbons (Fsp3) is 0.765. The van der Waals surface area contributed by atoms with Crippen LogP contribution in [-0.2, 0) is 20.8 Å². The van der Waals surface area contributed by atoms with Gasteiger partial charge in [-0.25, -0.2) is 4.79 Å². The molecule has 26 heavy (non-hydrogen) atoms. The largest absolute Gasteiger partial charge is 0.464 e. The summed E-state index contributed by atoms with van der Waals surface area (Å²) in [5.41, 5.74) is 0.281. The first-order valence-corrected chi connectivity index (χ1v) is 9.37. The van der Waals surface area contributed by atoms with Crippen LogP contribution in [0.15, 0.2) is 6.20 Å². The molecule has 1 aromatic rings. The number of hydrogen-bond donors (Lipinski definition) is 0. The maximum atomic E-state index is 12.8. The van der Waals surface area contributed by atoms with Crippen LogP contribution in [0.2, 0.25) is 0 Å². The van der Waals surface area contributed by atoms with Gasteiger partial charge in [0, 0.05) is 26.2 Å². The standard InChI is InChI=1S/C17H27N5O4/c1-2-26-17(24)15-5-3-4-6-22(15)16(23)14-13-21(19-18-14)8-7-20-9-11-25-12-10-20/h13,15H,2-12H2,1H3. The molecular formula is C17H27N5O4. The van der Waals surface area contributed by atoms with Gasteiger partial charge in [-0.15, -0.1) is 5.10 Å². The highest BCUT2D eigenvalue weighted by atomic mass is 16.5. The van der Waals surface area contributed by atoms with E-state index in [-0.39, 0.29) is 17.6 Å². The van der Waals surface area contributed by atoms with E-state index < -0.39 is 6.04 Å². The molecule has 0 N–H and O–H groups in total. The summed E-state index contributed by atoms with van der Waals surface area (Å²) in [6.07, 6.45) is 4.10. The highest BCUT2D eigenvalue weighted by molar-refractivity contribution is 5.95. The van der Waals surface area contributed by atoms with Crippen molar-refractivity contribution in [3.8, 4) is 0 Å². The lowest BCUT2D eigenvalue weighted by molar-refractivity contribution is -0.149. The average Bonchev–Trinajstić information content (AvgIpc) is 3.16. The van der Waals surface area contributed by atoms with E-state index >= 15 is 0 Å². The van der Waals surface area contributed by atoms with Crippen LogP contribution in [-0.4, -0.2) is 88.7 Å². The van der Waals surface area contributed by atoms with Crippen molar-refractivity contribution in [3.63, 3.8) is 0 Å². The SMILES string of the molecule is CCOC(=O)C1CCCCN1C(=O)c1cn(CCN2CCOCC2)nn1. The lowest BCUT2D eigenvalue weighted by atomic mass is 10.0. The van der Waals surface area contributed by atoms with E-state index in [4.69, 9.17) is 9.47 Å². The van der Waals surface area contributed by atoms with Gasteiger partial charge in [0.05, 0.1) is 32.6 Å². The predicted molar refractivity (Wildman–Crippen MR) is 92.6 cm³/mol. The van der Waals surface area contributed by atoms with Gasteiger partial charge in [-0.2, -0.15) is 0 Å². The van der Waals surface area contributed by atoms with E-state index in [1.807, 2.05) is 0 Å². The van der Waals surface area contributed by atoms with Gasteiger partial charge in [0.25, 0.3) is 5.91 Å². The summed E-state index contributed by atoms with van der Waals surface area (Å²) < 4.78 is 12.1. The Hall–Kier alpha value is -2.00. The summed E-state index contributed by atoms with van der Waals surface area (Å²) >= 11 is 0. The number of carbonyl (C=O) groups is 2. The lowest BCUT2D eigenvalue weighted by Crippen LogP contribution is -2.48. The minimum Gasteiger partial charge on any atom is -0.464 e. The highest BCUT2D eigenvalue weighted by Crippen LogP contribution is 2.20. The second kappa shape index (κ2) is 9.09. The molecule has 3 heterocycles. The second-order valence-electron chi connectivity index (χ2n) is 6.58. The summed E-state index contributed by atoms with van der Waals surface area (Å²) in [6.45, 7) is 7.48. The molecule has 1 atom stereocenters. The number of amides is 1. The van der Waals surface area contributed by atoms with Crippen LogP contribution in [0.1, 0.15) is 36.7 Å². The number of aromatic nitrogens is 3. The van der Waals surface area contributed by atoms with E-state index in [9.17, 15) is 9.59 Å². The Morgan fingerprint density at radius 1 is 1.23 bits per heavy atom. The van der Waals surface area contributed by atoms with Gasteiger partial charge >= 0.3 is 5.97 Å². The maximum absolute atomic E-state index is 12.8. The fourth-order valence-electron chi connectivity index (χ4n) is 3.38. The topological polar surface area (TPSA) is 89.8 Å². The molecule has 2 saturated heterocycles. The zero-order chi connectivity index (χ0) is 18.4. The maximum Gasteiger partial charge on any atom is 0.328 e. The van der Waals surface area contributed by atoms with E-state index in [1.54, 1.807) is 22.7 Å². The number of likely N-dealkylation sites (tertiary alicyclic amines) is 1. The first kappa shape index (κ1) is 18.8. The Kier molecular flexibility index (Phi) is 6.56. The molecule has 144 valence electrons. The molecule has 3 rings (SSSR count). The molecule has 1 aromatic heterocycles. The van der Waals surface area contributed by atoms with Crippen LogP contribution < -0.4 is 0 Å². The number of nitrogens with zero attached hydrogens (tertiary/aromatic N) is 5. The summed E-state index contributed by atoms with van der Waals surface area (Å²) in [4.78, 5) is 28.8. The molecule has 0 saturated carbocycles. The summed E-state index contributed by atoms with van der Waals surface area (Å²) in [5, 5.41) is 8.09. The first-order valence-electron chi connectivity index (χ1n) is 9.37. The molecule has 0 spiro atoms. The summed E-state index contributed by atoms with van der Waals surface area (Å²) in [5.74, 6) is -0.583. The number of morpholine rings is 1. The van der Waals surface area contributed by atoms with Crippen LogP contribution in [0.4, 0.5) is 0 Å². The second-order valence-corrected chi connectivity index (χ2v) is 6.58. The zero-order valence-electron chi connectivity index (χ0n) is 15.3. The van der Waals surface area contributed by atoms with Gasteiger partial charge in [0.15, 0.2) is 5.69 Å². The molecule has 0 radical (unpaired) electrons. The van der Waals surface area contributed by atoms with Crippen LogP contribution in [0.5, 0.6) is 0 Å². The van der Waals surface area contributed by atoms with Crippen LogP contribution in [0.3, 0.4) is 0 Å². The third-order valence-electron chi connectivity index (χ3n) is 4.83. The van der Waals surface area contributed by atoms with Gasteiger partial charge < -0.3 is 14.4 Å². The number of rotatable bonds is 6. The summed E-state index contributed by atoms with van der Waals surface area (Å²) in [7, 11) is 0. The van der Waals surface area contributed by atoms with E-state index in [0.29, 0.717) is 26.1 Å².